The molecule has 0 spiro atoms. The van der Waals surface area contributed by atoms with Gasteiger partial charge in [0.1, 0.15) is 146 Å². The summed E-state index contributed by atoms with van der Waals surface area (Å²) in [5.41, 5.74) is 1.74. The van der Waals surface area contributed by atoms with Crippen molar-refractivity contribution in [2.24, 2.45) is 0 Å². The highest BCUT2D eigenvalue weighted by atomic mass is 16.8. The van der Waals surface area contributed by atoms with Gasteiger partial charge in [0.05, 0.1) is 45.6 Å². The Kier molecular flexibility index (Phi) is 34.5. The summed E-state index contributed by atoms with van der Waals surface area (Å²) in [6, 6.07) is 15.7. The Balaban J connectivity index is 0.000000608. The Hall–Kier alpha value is -3.62. The zero-order chi connectivity index (χ0) is 74.6. The fraction of sp³-hybridized carbons (Fsp3) is 0.800. The van der Waals surface area contributed by atoms with E-state index in [4.69, 9.17) is 147 Å². The first-order chi connectivity index (χ1) is 50.0. The Bertz CT molecular complexity index is 2440. The van der Waals surface area contributed by atoms with Crippen LogP contribution in [-0.2, 0) is 147 Å². The molecular formula is C70H110O33. The number of carboxylic acids is 1. The van der Waals surface area contributed by atoms with Crippen molar-refractivity contribution in [2.75, 3.05) is 168 Å². The van der Waals surface area contributed by atoms with Gasteiger partial charge in [-0.1, -0.05) is 48.5 Å². The topological polar surface area (TPSA) is 331 Å². The van der Waals surface area contributed by atoms with E-state index in [0.717, 1.165) is 0 Å². The van der Waals surface area contributed by atoms with Crippen LogP contribution in [0.5, 0.6) is 0 Å². The van der Waals surface area contributed by atoms with Gasteiger partial charge in [0.15, 0.2) is 43.5 Å². The lowest BCUT2D eigenvalue weighted by molar-refractivity contribution is -0.410. The average Bonchev–Trinajstić information content (AvgIpc) is 0.763. The first-order valence-corrected chi connectivity index (χ1v) is 34.0. The molecule has 1 unspecified atom stereocenters. The summed E-state index contributed by atoms with van der Waals surface area (Å²) in [6.45, 7) is 1.56. The number of hydrogen-bond donors (Lipinski definition) is 1. The van der Waals surface area contributed by atoms with Crippen LogP contribution in [0.25, 0.3) is 0 Å². The number of ether oxygens (including phenoxy) is 30. The summed E-state index contributed by atoms with van der Waals surface area (Å²) in [5, 5.41) is 9.00. The molecule has 0 aromatic heterocycles. The normalized spacial score (nSPS) is 39.8. The van der Waals surface area contributed by atoms with Gasteiger partial charge < -0.3 is 147 Å². The van der Waals surface area contributed by atoms with Gasteiger partial charge >= 0.3 is 5.97 Å². The lowest BCUT2D eigenvalue weighted by Gasteiger charge is -2.53. The number of rotatable bonds is 28. The largest absolute Gasteiger partial charge is 0.481 e. The number of benzene rings is 2. The summed E-state index contributed by atoms with van der Waals surface area (Å²) in [4.78, 5) is 23.2. The predicted octanol–water partition coefficient (Wildman–Crippen LogP) is 1.82. The highest BCUT2D eigenvalue weighted by molar-refractivity contribution is 6.09. The van der Waals surface area contributed by atoms with Crippen molar-refractivity contribution in [3.63, 3.8) is 0 Å². The minimum atomic E-state index is -1.18. The van der Waals surface area contributed by atoms with Crippen molar-refractivity contribution in [3.05, 3.63) is 71.3 Å². The molecule has 588 valence electrons. The van der Waals surface area contributed by atoms with Crippen molar-refractivity contribution >= 4 is 11.8 Å². The number of carbonyl (C=O) groups excluding carboxylic acids is 1. The van der Waals surface area contributed by atoms with Crippen molar-refractivity contribution in [2.45, 2.75) is 197 Å². The monoisotopic (exact) mass is 1480 g/mol. The number of methoxy groups -OCH3 is 18. The Morgan fingerprint density at radius 1 is 0.301 bits per heavy atom. The second-order valence-corrected chi connectivity index (χ2v) is 25.4. The molecule has 22 aliphatic rings. The molecular weight excluding hydrogens is 1370 g/mol. The molecule has 12 bridgehead atoms. The maximum absolute atomic E-state index is 12.2. The molecule has 31 atom stereocenters. The Morgan fingerprint density at radius 3 is 0.709 bits per heavy atom. The molecule has 0 amide bonds. The van der Waals surface area contributed by atoms with Crippen LogP contribution in [0.2, 0.25) is 0 Å². The highest BCUT2D eigenvalue weighted by Crippen LogP contribution is 2.42. The molecule has 22 fully saturated rings. The number of carboxylic acid groups (broad SMARTS) is 1. The Labute approximate surface area is 602 Å². The van der Waals surface area contributed by atoms with Crippen LogP contribution >= 0.6 is 0 Å². The fourth-order valence-corrected chi connectivity index (χ4v) is 14.6. The third kappa shape index (κ3) is 19.5. The minimum absolute atomic E-state index is 0.00790. The lowest BCUT2D eigenvalue weighted by Crippen LogP contribution is -2.70. The van der Waals surface area contributed by atoms with Crippen molar-refractivity contribution < 1.29 is 157 Å². The number of ketones is 1. The van der Waals surface area contributed by atoms with Crippen LogP contribution in [0.15, 0.2) is 54.6 Å². The first-order valence-electron chi connectivity index (χ1n) is 34.0. The number of aliphatic carboxylic acids is 1. The van der Waals surface area contributed by atoms with E-state index in [0.29, 0.717) is 16.7 Å². The highest BCUT2D eigenvalue weighted by Gasteiger charge is 2.61. The Morgan fingerprint density at radius 2 is 0.515 bits per heavy atom. The van der Waals surface area contributed by atoms with E-state index in [2.05, 4.69) is 0 Å². The average molecular weight is 1480 g/mol. The van der Waals surface area contributed by atoms with E-state index < -0.39 is 196 Å². The molecule has 103 heavy (non-hydrogen) atoms. The SMILES string of the molecule is CC(C(=O)O)c1cccc(C(=O)c2ccccc2)c1.COC[C@H]1O[C@@H]2O[C@H]3[C@H](OC)[C@@H](OC)[C@@H](O[C@H]4[C@H](OC)[C@@H](OC)[C@@H](O[C@H]5[C@H](OC)[C@@H](OC)[C@@H](O[C@H]6[C@H](OC)[C@@H](OC)[C@@H](O[C@H]7[C@H](OC)[C@@H](OC)[C@@H](O[C@H]1[C@H](OC)[C@H]2OC)O[C@@H]7COC)O[C@@H]6COC)O[C@@H]5COC)O[C@@H]4COC)O[C@@H]3COC. The molecule has 1 N–H and O–H groups in total. The van der Waals surface area contributed by atoms with Gasteiger partial charge in [-0.3, -0.25) is 9.59 Å². The van der Waals surface area contributed by atoms with Crippen LogP contribution < -0.4 is 0 Å². The minimum Gasteiger partial charge on any atom is -0.481 e. The lowest BCUT2D eigenvalue weighted by atomic mass is 9.94. The maximum atomic E-state index is 12.2. The summed E-state index contributed by atoms with van der Waals surface area (Å²) in [5.74, 6) is -1.62. The van der Waals surface area contributed by atoms with E-state index in [1.807, 2.05) is 6.07 Å². The fourth-order valence-electron chi connectivity index (χ4n) is 14.6. The molecule has 2 aromatic rings. The zero-order valence-electron chi connectivity index (χ0n) is 62.3. The van der Waals surface area contributed by atoms with Gasteiger partial charge in [-0.15, -0.1) is 0 Å². The van der Waals surface area contributed by atoms with Crippen LogP contribution in [0.3, 0.4) is 0 Å². The molecule has 0 aliphatic carbocycles. The van der Waals surface area contributed by atoms with E-state index in [1.165, 1.54) is 128 Å². The third-order valence-electron chi connectivity index (χ3n) is 19.6. The molecule has 22 heterocycles. The smallest absolute Gasteiger partial charge is 0.310 e. The summed E-state index contributed by atoms with van der Waals surface area (Å²) >= 11 is 0. The quantitative estimate of drug-likeness (QED) is 0.119. The van der Waals surface area contributed by atoms with Gasteiger partial charge in [-0.2, -0.15) is 0 Å². The van der Waals surface area contributed by atoms with Crippen LogP contribution in [0.4, 0.5) is 0 Å². The summed E-state index contributed by atoms with van der Waals surface area (Å²) in [7, 11) is 27.3. The standard InChI is InChI=1S/C54H96O30.C16H14O3/c1-55-19-25-31-37(61-7)43(67-13)49(73-25)80-32-26(20-56-2)75-51(45(69-15)38(32)62-8)82-34-28(22-58-4)77-53(47(71-17)40(34)64-10)84-36-30(24-60-6)78-54(48(72-18)42(36)66-12)83-35-29(23-59-5)76-52(46(70-16)41(35)65-11)81-33-27(21-57-3)74-50(79-31)44(68-14)39(33)63-9;1-11(16(18)19)13-8-5-9-14(10-13)15(17)12-6-3-2-4-7-12/h25-54H,19-24H2,1-18H3;2-11H,1H3,(H,18,19)/t25-,26-,27-,28-,29-,30-,31-,32-,33-,34-,35-,36-,37+,38+,39+,40+,41+,42+,43-,44-,45-,46-,47-,48-,49-,50-,51-,52-,53-,54-;/m1./s1. The van der Waals surface area contributed by atoms with Gasteiger partial charge in [0.25, 0.3) is 0 Å². The summed E-state index contributed by atoms with van der Waals surface area (Å²) < 4.78 is 192. The molecule has 24 rings (SSSR count). The van der Waals surface area contributed by atoms with Gasteiger partial charge in [0.2, 0.25) is 0 Å². The molecule has 0 radical (unpaired) electrons. The van der Waals surface area contributed by atoms with E-state index in [-0.39, 0.29) is 45.4 Å². The van der Waals surface area contributed by atoms with Crippen molar-refractivity contribution in [1.82, 2.24) is 0 Å². The molecule has 33 nitrogen and oxygen atoms in total. The van der Waals surface area contributed by atoms with Gasteiger partial charge in [-0.05, 0) is 18.6 Å². The van der Waals surface area contributed by atoms with E-state index in [9.17, 15) is 9.59 Å². The van der Waals surface area contributed by atoms with Crippen LogP contribution in [0.1, 0.15) is 34.3 Å². The van der Waals surface area contributed by atoms with E-state index >= 15 is 0 Å². The second kappa shape index (κ2) is 41.8. The molecule has 2 aromatic carbocycles. The predicted molar refractivity (Wildman–Crippen MR) is 354 cm³/mol. The van der Waals surface area contributed by atoms with Gasteiger partial charge in [-0.25, -0.2) is 0 Å². The van der Waals surface area contributed by atoms with Crippen molar-refractivity contribution in [1.29, 1.82) is 0 Å². The second-order valence-electron chi connectivity index (χ2n) is 25.4. The summed E-state index contributed by atoms with van der Waals surface area (Å²) in [6.07, 6.45) is -29.6. The van der Waals surface area contributed by atoms with Crippen LogP contribution in [-0.4, -0.2) is 369 Å². The van der Waals surface area contributed by atoms with Crippen molar-refractivity contribution in [3.8, 4) is 0 Å². The van der Waals surface area contributed by atoms with Crippen LogP contribution in [0, 0.1) is 0 Å². The third-order valence-corrected chi connectivity index (χ3v) is 19.6. The molecule has 22 saturated heterocycles. The molecule has 0 saturated carbocycles. The number of hydrogen-bond acceptors (Lipinski definition) is 32. The molecule has 33 heteroatoms. The number of carbonyl (C=O) groups is 2. The van der Waals surface area contributed by atoms with E-state index in [1.54, 1.807) is 55.5 Å². The zero-order valence-corrected chi connectivity index (χ0v) is 62.3. The molecule has 22 aliphatic heterocycles. The van der Waals surface area contributed by atoms with Gasteiger partial charge in [0, 0.05) is 139 Å². The maximum Gasteiger partial charge on any atom is 0.310 e. The first kappa shape index (κ1) is 85.0.